The number of ketones is 2. The number of methoxy groups -OCH3 is 1. The highest BCUT2D eigenvalue weighted by Crippen LogP contribution is 2.45. The number of hydrogen-bond acceptors (Lipinski definition) is 9. The van der Waals surface area contributed by atoms with Crippen LogP contribution in [0, 0.1) is 46.8 Å². The van der Waals surface area contributed by atoms with Crippen molar-refractivity contribution in [1.29, 1.82) is 0 Å². The molecule has 60 heavy (non-hydrogen) atoms. The van der Waals surface area contributed by atoms with Crippen LogP contribution < -0.4 is 21.1 Å². The smallest absolute Gasteiger partial charge is 0.160 e. The van der Waals surface area contributed by atoms with Crippen molar-refractivity contribution < 1.29 is 29.6 Å². The fourth-order valence-electron chi connectivity index (χ4n) is 11.1. The molecule has 0 bridgehead atoms. The van der Waals surface area contributed by atoms with Gasteiger partial charge in [-0.15, -0.1) is 0 Å². The molecule has 9 atom stereocenters. The summed E-state index contributed by atoms with van der Waals surface area (Å²) in [6.07, 6.45) is 17.2. The van der Waals surface area contributed by atoms with E-state index in [-0.39, 0.29) is 29.8 Å². The van der Waals surface area contributed by atoms with Gasteiger partial charge in [0.1, 0.15) is 11.2 Å². The molecule has 1 spiro atoms. The second kappa shape index (κ2) is 19.8. The number of aliphatic hydroxyl groups excluding tert-OH is 2. The average Bonchev–Trinajstić information content (AvgIpc) is 3.76. The van der Waals surface area contributed by atoms with Gasteiger partial charge in [-0.1, -0.05) is 38.5 Å². The zero-order valence-corrected chi connectivity index (χ0v) is 36.2. The molecule has 1 saturated heterocycles. The summed E-state index contributed by atoms with van der Waals surface area (Å²) in [7, 11) is 1.53. The lowest BCUT2D eigenvalue weighted by Gasteiger charge is -2.42. The van der Waals surface area contributed by atoms with E-state index in [1.54, 1.807) is 6.07 Å². The number of allylic oxidation sites excluding steroid dienone is 2. The number of phenolic OH excluding ortho intramolecular Hbond substituents is 1. The molecule has 5 aliphatic rings. The van der Waals surface area contributed by atoms with Gasteiger partial charge < -0.3 is 41.4 Å². The molecule has 1 aromatic heterocycles. The number of nitrogens with one attached hydrogen (secondary N) is 3. The molecule has 9 unspecified atom stereocenters. The molecule has 8 N–H and O–H groups in total. The van der Waals surface area contributed by atoms with Crippen molar-refractivity contribution in [1.82, 2.24) is 15.6 Å². The number of nitrogens with two attached hydrogens (primary N) is 1. The first-order valence-corrected chi connectivity index (χ1v) is 23.0. The summed E-state index contributed by atoms with van der Waals surface area (Å²) in [5, 5.41) is 42.1. The van der Waals surface area contributed by atoms with E-state index in [1.807, 2.05) is 24.5 Å². The molecule has 2 saturated carbocycles. The number of benzene rings is 1. The minimum Gasteiger partial charge on any atom is -0.504 e. The van der Waals surface area contributed by atoms with Crippen LogP contribution in [0.25, 0.3) is 0 Å². The van der Waals surface area contributed by atoms with Gasteiger partial charge in [-0.05, 0) is 165 Å². The largest absolute Gasteiger partial charge is 0.504 e. The van der Waals surface area contributed by atoms with Crippen LogP contribution in [0.1, 0.15) is 133 Å². The number of carbonyl (C=O) groups excluding carboxylic acids is 2. The van der Waals surface area contributed by atoms with Crippen molar-refractivity contribution in [3.63, 3.8) is 0 Å². The van der Waals surface area contributed by atoms with E-state index >= 15 is 0 Å². The fraction of sp³-hybridized carbons (Fsp3) is 0.640. The van der Waals surface area contributed by atoms with E-state index in [0.717, 1.165) is 62.6 Å². The molecular formula is C50H70N4O6. The first kappa shape index (κ1) is 44.0. The van der Waals surface area contributed by atoms with Crippen molar-refractivity contribution >= 4 is 11.6 Å². The minimum atomic E-state index is -1.14. The highest BCUT2D eigenvalue weighted by atomic mass is 16.5. The maximum absolute atomic E-state index is 14.3. The number of carbonyl (C=O) groups is 2. The van der Waals surface area contributed by atoms with Gasteiger partial charge in [-0.2, -0.15) is 0 Å². The van der Waals surface area contributed by atoms with Crippen LogP contribution in [0.2, 0.25) is 0 Å². The molecule has 10 heteroatoms. The Morgan fingerprint density at radius 2 is 1.87 bits per heavy atom. The maximum Gasteiger partial charge on any atom is 0.160 e. The molecule has 7 rings (SSSR count). The summed E-state index contributed by atoms with van der Waals surface area (Å²) in [6, 6.07) is 6.00. The highest BCUT2D eigenvalue weighted by molar-refractivity contribution is 5.89. The standard InChI is InChI=1S/C50H70N4O6/c1-31(2)4-7-38(23-39-25-49(51)54-30-40(39)21-34-16-19-52-28-34)44(56)12-9-35-15-18-50(47(58)13-10-36-24-46(60-3)45(57)27-42(35)36)17-14-32(22-48(50)59)5-6-33-20-37-8-11-41(55)26-43(37)53-29-33/h16,19,24-25,27-28,31-33,35,37-38,43-44,48,52-54,56-57,59H,4-14,17,20-23,26,29-30,51H2,1-3H3. The molecule has 0 radical (unpaired) electrons. The Morgan fingerprint density at radius 3 is 2.63 bits per heavy atom. The number of dihydropyridines is 1. The van der Waals surface area contributed by atoms with E-state index in [9.17, 15) is 24.9 Å². The van der Waals surface area contributed by atoms with E-state index in [4.69, 9.17) is 10.5 Å². The number of piperidine rings is 1. The van der Waals surface area contributed by atoms with Crippen molar-refractivity contribution in [3.05, 3.63) is 70.3 Å². The maximum atomic E-state index is 14.3. The molecule has 1 aromatic carbocycles. The zero-order chi connectivity index (χ0) is 42.4. The molecule has 3 fully saturated rings. The number of fused-ring (bicyclic) bond motifs is 2. The van der Waals surface area contributed by atoms with Gasteiger partial charge in [-0.3, -0.25) is 9.59 Å². The Morgan fingerprint density at radius 1 is 1.03 bits per heavy atom. The molecule has 3 heterocycles. The number of aromatic amines is 1. The number of aromatic hydroxyl groups is 1. The molecule has 3 aliphatic carbocycles. The third-order valence-electron chi connectivity index (χ3n) is 14.8. The minimum absolute atomic E-state index is 0.00140. The number of aryl methyl sites for hydroxylation is 1. The lowest BCUT2D eigenvalue weighted by atomic mass is 9.64. The van der Waals surface area contributed by atoms with Gasteiger partial charge in [0.2, 0.25) is 0 Å². The van der Waals surface area contributed by atoms with Crippen LogP contribution in [0.15, 0.2) is 53.6 Å². The molecule has 2 aromatic rings. The number of ether oxygens (including phenoxy) is 1. The second-order valence-electron chi connectivity index (χ2n) is 19.4. The first-order chi connectivity index (χ1) is 28.9. The SMILES string of the molecule is COc1cc2c(cc1O)C(CCC(O)C(CCC(C)C)CC1=C(Cc3cc[nH]c3)CNC(N)=C1)C#CC1(CCC(CCC3CNC4CC(=O)CCC4C3)CC1O)C(=O)CC2. The van der Waals surface area contributed by atoms with Crippen LogP contribution in [0.5, 0.6) is 11.5 Å². The number of rotatable bonds is 15. The summed E-state index contributed by atoms with van der Waals surface area (Å²) in [5.41, 5.74) is 10.6. The number of H-pyrrole nitrogens is 1. The Labute approximate surface area is 357 Å². The van der Waals surface area contributed by atoms with Gasteiger partial charge in [0.15, 0.2) is 17.3 Å². The quantitative estimate of drug-likeness (QED) is 0.0924. The lowest BCUT2D eigenvalue weighted by Crippen LogP contribution is -2.49. The van der Waals surface area contributed by atoms with Crippen molar-refractivity contribution in [3.8, 4) is 23.3 Å². The van der Waals surface area contributed by atoms with E-state index in [1.165, 1.54) is 30.2 Å². The Balaban J connectivity index is 1.08. The van der Waals surface area contributed by atoms with Gasteiger partial charge in [0.05, 0.1) is 25.1 Å². The number of Topliss-reactive ketones (excluding diaryl/α,β-unsaturated/α-hetero) is 2. The zero-order valence-electron chi connectivity index (χ0n) is 36.2. The monoisotopic (exact) mass is 823 g/mol. The van der Waals surface area contributed by atoms with Crippen molar-refractivity contribution in [2.24, 2.45) is 40.7 Å². The summed E-state index contributed by atoms with van der Waals surface area (Å²) >= 11 is 0. The molecule has 10 nitrogen and oxygen atoms in total. The lowest BCUT2D eigenvalue weighted by molar-refractivity contribution is -0.134. The number of hydrogen-bond donors (Lipinski definition) is 7. The summed E-state index contributed by atoms with van der Waals surface area (Å²) in [4.78, 5) is 29.5. The number of aromatic nitrogens is 1. The van der Waals surface area contributed by atoms with Crippen LogP contribution in [-0.4, -0.2) is 70.3 Å². The number of aliphatic hydroxyl groups is 2. The van der Waals surface area contributed by atoms with Crippen LogP contribution in [0.3, 0.4) is 0 Å². The van der Waals surface area contributed by atoms with Crippen LogP contribution in [-0.2, 0) is 22.4 Å². The predicted molar refractivity (Wildman–Crippen MR) is 235 cm³/mol. The van der Waals surface area contributed by atoms with E-state index in [2.05, 4.69) is 47.4 Å². The average molecular weight is 823 g/mol. The Hall–Kier alpha value is -4.04. The molecule has 2 aliphatic heterocycles. The van der Waals surface area contributed by atoms with Crippen LogP contribution >= 0.6 is 0 Å². The Kier molecular flexibility index (Phi) is 14.5. The van der Waals surface area contributed by atoms with E-state index < -0.39 is 17.6 Å². The van der Waals surface area contributed by atoms with Crippen molar-refractivity contribution in [2.45, 2.75) is 147 Å². The summed E-state index contributed by atoms with van der Waals surface area (Å²) in [6.45, 7) is 6.06. The normalized spacial score (nSPS) is 29.3. The third-order valence-corrected chi connectivity index (χ3v) is 14.8. The fourth-order valence-corrected chi connectivity index (χ4v) is 11.1. The Bertz CT molecular complexity index is 1940. The highest BCUT2D eigenvalue weighted by Gasteiger charge is 2.47. The van der Waals surface area contributed by atoms with E-state index in [0.29, 0.717) is 105 Å². The van der Waals surface area contributed by atoms with Gasteiger partial charge in [0, 0.05) is 50.2 Å². The third kappa shape index (κ3) is 10.5. The molecule has 0 amide bonds. The second-order valence-corrected chi connectivity index (χ2v) is 19.4. The topological polar surface area (TPSA) is 170 Å². The van der Waals surface area contributed by atoms with Crippen LogP contribution in [0.4, 0.5) is 0 Å². The summed E-state index contributed by atoms with van der Waals surface area (Å²) in [5.74, 6) is 9.98. The van der Waals surface area contributed by atoms with Crippen molar-refractivity contribution in [2.75, 3.05) is 20.2 Å². The predicted octanol–water partition coefficient (Wildman–Crippen LogP) is 7.13. The van der Waals surface area contributed by atoms with Gasteiger partial charge in [0.25, 0.3) is 0 Å². The molecule has 326 valence electrons. The summed E-state index contributed by atoms with van der Waals surface area (Å²) < 4.78 is 5.52. The first-order valence-electron chi connectivity index (χ1n) is 23.0. The van der Waals surface area contributed by atoms with Gasteiger partial charge in [-0.25, -0.2) is 0 Å². The number of phenols is 1. The molecular weight excluding hydrogens is 753 g/mol. The van der Waals surface area contributed by atoms with Gasteiger partial charge >= 0.3 is 0 Å².